The Bertz CT molecular complexity index is 296. The third-order valence-corrected chi connectivity index (χ3v) is 2.79. The van der Waals surface area contributed by atoms with Crippen molar-refractivity contribution in [2.75, 3.05) is 6.61 Å². The number of halogens is 1. The third kappa shape index (κ3) is 3.93. The van der Waals surface area contributed by atoms with Gasteiger partial charge in [-0.25, -0.2) is 4.79 Å². The van der Waals surface area contributed by atoms with Gasteiger partial charge in [-0.1, -0.05) is 30.9 Å². The first-order valence-corrected chi connectivity index (χ1v) is 5.97. The van der Waals surface area contributed by atoms with E-state index >= 15 is 0 Å². The van der Waals surface area contributed by atoms with E-state index in [2.05, 4.69) is 9.73 Å². The van der Waals surface area contributed by atoms with Crippen molar-refractivity contribution in [2.24, 2.45) is 4.99 Å². The fourth-order valence-electron chi connectivity index (χ4n) is 1.71. The number of hydrogen-bond donors (Lipinski definition) is 0. The summed E-state index contributed by atoms with van der Waals surface area (Å²) >= 11 is 5.69. The number of aliphatic imine (C=N–C) groups is 1. The zero-order chi connectivity index (χ0) is 12.0. The quantitative estimate of drug-likeness (QED) is 0.433. The van der Waals surface area contributed by atoms with Crippen LogP contribution in [0.3, 0.4) is 0 Å². The fraction of sp³-hybridized carbons (Fsp3) is 0.727. The van der Waals surface area contributed by atoms with E-state index in [0.717, 1.165) is 25.7 Å². The van der Waals surface area contributed by atoms with Gasteiger partial charge >= 0.3 is 5.97 Å². The van der Waals surface area contributed by atoms with Crippen LogP contribution in [0.5, 0.6) is 0 Å². The topological polar surface area (TPSA) is 55.7 Å². The zero-order valence-corrected chi connectivity index (χ0v) is 10.1. The smallest absolute Gasteiger partial charge is 0.382 e. The maximum atomic E-state index is 11.4. The van der Waals surface area contributed by atoms with E-state index in [1.54, 1.807) is 6.92 Å². The number of ether oxygens (including phenoxy) is 1. The number of hydrogen-bond acceptors (Lipinski definition) is 4. The molecule has 0 heterocycles. The first kappa shape index (κ1) is 13.2. The Labute approximate surface area is 100 Å². The highest BCUT2D eigenvalue weighted by atomic mass is 35.5. The van der Waals surface area contributed by atoms with Crippen molar-refractivity contribution in [3.8, 4) is 0 Å². The molecule has 1 rings (SSSR count). The third-order valence-electron chi connectivity index (χ3n) is 2.52. The molecule has 1 fully saturated rings. The van der Waals surface area contributed by atoms with Gasteiger partial charge in [0.2, 0.25) is 0 Å². The molecule has 0 amide bonds. The van der Waals surface area contributed by atoms with Crippen LogP contribution < -0.4 is 0 Å². The Hall–Kier alpha value is -0.900. The van der Waals surface area contributed by atoms with Crippen LogP contribution in [0.15, 0.2) is 4.99 Å². The monoisotopic (exact) mass is 245 g/mol. The van der Waals surface area contributed by atoms with E-state index in [1.807, 2.05) is 0 Å². The molecular weight excluding hydrogens is 230 g/mol. The zero-order valence-electron chi connectivity index (χ0n) is 9.37. The lowest BCUT2D eigenvalue weighted by Crippen LogP contribution is -2.24. The molecule has 0 aromatic heterocycles. The summed E-state index contributed by atoms with van der Waals surface area (Å²) in [7, 11) is 0. The minimum Gasteiger partial charge on any atom is -0.460 e. The average molecular weight is 246 g/mol. The van der Waals surface area contributed by atoms with Crippen molar-refractivity contribution in [3.63, 3.8) is 0 Å². The summed E-state index contributed by atoms with van der Waals surface area (Å²) in [5, 5.41) is -0.245. The highest BCUT2D eigenvalue weighted by molar-refractivity contribution is 6.90. The average Bonchev–Trinajstić information content (AvgIpc) is 2.29. The Morgan fingerprint density at radius 3 is 2.50 bits per heavy atom. The van der Waals surface area contributed by atoms with Crippen molar-refractivity contribution in [1.29, 1.82) is 0 Å². The molecule has 0 unspecified atom stereocenters. The predicted molar refractivity (Wildman–Crippen MR) is 61.8 cm³/mol. The Balaban J connectivity index is 2.54. The first-order chi connectivity index (χ1) is 7.65. The van der Waals surface area contributed by atoms with Crippen LogP contribution in [0, 0.1) is 0 Å². The number of carbonyl (C=O) groups excluding carboxylic acids is 2. The van der Waals surface area contributed by atoms with Crippen molar-refractivity contribution >= 4 is 28.5 Å². The lowest BCUT2D eigenvalue weighted by atomic mass is 9.96. The number of carbonyl (C=O) groups is 2. The Morgan fingerprint density at radius 2 is 1.94 bits per heavy atom. The first-order valence-electron chi connectivity index (χ1n) is 5.60. The normalized spacial score (nSPS) is 18.2. The molecule has 1 saturated carbocycles. The minimum absolute atomic E-state index is 0.0830. The maximum Gasteiger partial charge on any atom is 0.382 e. The second kappa shape index (κ2) is 6.63. The molecule has 0 atom stereocenters. The molecule has 1 aliphatic rings. The van der Waals surface area contributed by atoms with Crippen molar-refractivity contribution < 1.29 is 14.3 Å². The van der Waals surface area contributed by atoms with Gasteiger partial charge in [-0.2, -0.15) is 0 Å². The van der Waals surface area contributed by atoms with Gasteiger partial charge in [-0.05, 0) is 19.8 Å². The number of Topliss-reactive ketones (excluding diaryl/α,β-unsaturated/α-hetero) is 1. The molecular formula is C11H16ClNO3. The van der Waals surface area contributed by atoms with Crippen LogP contribution in [0.1, 0.15) is 39.0 Å². The summed E-state index contributed by atoms with van der Waals surface area (Å²) in [5.41, 5.74) is 0. The van der Waals surface area contributed by atoms with Gasteiger partial charge in [0, 0.05) is 0 Å². The minimum atomic E-state index is -0.924. The molecule has 0 radical (unpaired) electrons. The Kier molecular flexibility index (Phi) is 5.46. The van der Waals surface area contributed by atoms with Crippen molar-refractivity contribution in [1.82, 2.24) is 0 Å². The highest BCUT2D eigenvalue weighted by Crippen LogP contribution is 2.20. The summed E-state index contributed by atoms with van der Waals surface area (Å²) in [6.45, 7) is 1.80. The van der Waals surface area contributed by atoms with Gasteiger partial charge in [-0.15, -0.1) is 0 Å². The second-order valence-electron chi connectivity index (χ2n) is 3.76. The summed E-state index contributed by atoms with van der Waals surface area (Å²) in [5.74, 6) is -1.76. The fourth-order valence-corrected chi connectivity index (χ4v) is 1.93. The van der Waals surface area contributed by atoms with E-state index in [1.165, 1.54) is 6.42 Å². The SMILES string of the molecule is CCOC(=O)C(=O)C(Cl)=NC1CCCCC1. The molecule has 0 aliphatic heterocycles. The molecule has 0 aromatic carbocycles. The lowest BCUT2D eigenvalue weighted by Gasteiger charge is -2.17. The summed E-state index contributed by atoms with van der Waals surface area (Å²) < 4.78 is 4.56. The molecule has 4 nitrogen and oxygen atoms in total. The van der Waals surface area contributed by atoms with Gasteiger partial charge in [0.25, 0.3) is 5.78 Å². The van der Waals surface area contributed by atoms with Crippen molar-refractivity contribution in [3.05, 3.63) is 0 Å². The molecule has 0 saturated heterocycles. The molecule has 0 aromatic rings. The number of nitrogens with zero attached hydrogens (tertiary/aromatic N) is 1. The van der Waals surface area contributed by atoms with E-state index in [-0.39, 0.29) is 17.8 Å². The summed E-state index contributed by atoms with van der Waals surface area (Å²) in [6.07, 6.45) is 5.28. The standard InChI is InChI=1S/C11H16ClNO3/c1-2-16-11(15)9(14)10(12)13-8-6-4-3-5-7-8/h8H,2-7H2,1H3. The molecule has 5 heteroatoms. The van der Waals surface area contributed by atoms with Crippen LogP contribution in [0.4, 0.5) is 0 Å². The van der Waals surface area contributed by atoms with Crippen LogP contribution >= 0.6 is 11.6 Å². The molecule has 0 spiro atoms. The Morgan fingerprint density at radius 1 is 1.31 bits per heavy atom. The van der Waals surface area contributed by atoms with Gasteiger partial charge < -0.3 is 4.74 Å². The molecule has 90 valence electrons. The van der Waals surface area contributed by atoms with Gasteiger partial charge in [0.1, 0.15) is 0 Å². The van der Waals surface area contributed by atoms with E-state index in [0.29, 0.717) is 0 Å². The van der Waals surface area contributed by atoms with Gasteiger partial charge in [0.05, 0.1) is 12.6 Å². The molecule has 16 heavy (non-hydrogen) atoms. The molecule has 0 bridgehead atoms. The van der Waals surface area contributed by atoms with Crippen LogP contribution in [-0.4, -0.2) is 29.6 Å². The van der Waals surface area contributed by atoms with Crippen molar-refractivity contribution in [2.45, 2.75) is 45.1 Å². The number of ketones is 1. The second-order valence-corrected chi connectivity index (χ2v) is 4.12. The van der Waals surface area contributed by atoms with E-state index in [4.69, 9.17) is 11.6 Å². The number of rotatable bonds is 4. The van der Waals surface area contributed by atoms with Gasteiger partial charge in [-0.3, -0.25) is 9.79 Å². The van der Waals surface area contributed by atoms with E-state index < -0.39 is 11.8 Å². The largest absolute Gasteiger partial charge is 0.460 e. The van der Waals surface area contributed by atoms with Crippen LogP contribution in [0.2, 0.25) is 0 Å². The van der Waals surface area contributed by atoms with Gasteiger partial charge in [0.15, 0.2) is 5.17 Å². The maximum absolute atomic E-state index is 11.4. The van der Waals surface area contributed by atoms with Crippen LogP contribution in [0.25, 0.3) is 0 Å². The number of esters is 1. The van der Waals surface area contributed by atoms with Crippen LogP contribution in [-0.2, 0) is 14.3 Å². The summed E-state index contributed by atoms with van der Waals surface area (Å²) in [6, 6.07) is 0.0830. The molecule has 1 aliphatic carbocycles. The predicted octanol–water partition coefficient (Wildman–Crippen LogP) is 2.09. The lowest BCUT2D eigenvalue weighted by molar-refractivity contribution is -0.150. The summed E-state index contributed by atoms with van der Waals surface area (Å²) in [4.78, 5) is 26.5. The molecule has 0 N–H and O–H groups in total. The van der Waals surface area contributed by atoms with E-state index in [9.17, 15) is 9.59 Å². The highest BCUT2D eigenvalue weighted by Gasteiger charge is 2.22.